The number of thiophene rings is 1. The van der Waals surface area contributed by atoms with E-state index in [-0.39, 0.29) is 17.5 Å². The highest BCUT2D eigenvalue weighted by Gasteiger charge is 2.53. The minimum absolute atomic E-state index is 0.162. The number of hydrogen-bond acceptors (Lipinski definition) is 13. The Bertz CT molecular complexity index is 1390. The number of amides is 1. The topological polar surface area (TPSA) is 147 Å². The molecule has 2 aromatic rings. The standard InChI is InChI=1S/C28H28N2O10S2/c1-15(31)36-14-22-23(37-16(2)32)24(38-17(3)33)25(39-18(4)34)27(40-22)42-28-29-21(13-20-11-8-12-41-20)26(35)30(28)19-9-6-5-7-10-19/h5-13,22-25,27H,14H2,1-4H3/b21-13-. The lowest BCUT2D eigenvalue weighted by Crippen LogP contribution is -2.61. The first-order valence-electron chi connectivity index (χ1n) is 12.7. The molecule has 0 saturated carbocycles. The second kappa shape index (κ2) is 13.8. The average molecular weight is 617 g/mol. The zero-order chi connectivity index (χ0) is 30.4. The number of nitrogens with zero attached hydrogens (tertiary/aromatic N) is 2. The highest BCUT2D eigenvalue weighted by Crippen LogP contribution is 2.38. The van der Waals surface area contributed by atoms with Gasteiger partial charge in [-0.3, -0.25) is 28.9 Å². The smallest absolute Gasteiger partial charge is 0.303 e. The van der Waals surface area contributed by atoms with E-state index < -0.39 is 59.6 Å². The van der Waals surface area contributed by atoms with Gasteiger partial charge in [-0.05, 0) is 29.7 Å². The van der Waals surface area contributed by atoms with Crippen molar-refractivity contribution < 1.29 is 47.7 Å². The molecule has 0 spiro atoms. The van der Waals surface area contributed by atoms with Gasteiger partial charge in [-0.1, -0.05) is 36.0 Å². The quantitative estimate of drug-likeness (QED) is 0.244. The summed E-state index contributed by atoms with van der Waals surface area (Å²) in [6.45, 7) is 4.28. The summed E-state index contributed by atoms with van der Waals surface area (Å²) in [6.07, 6.45) is -3.42. The molecule has 1 amide bonds. The second-order valence-electron chi connectivity index (χ2n) is 9.10. The van der Waals surface area contributed by atoms with Crippen LogP contribution in [0.15, 0.2) is 58.5 Å². The molecule has 5 atom stereocenters. The maximum atomic E-state index is 13.6. The summed E-state index contributed by atoms with van der Waals surface area (Å²) in [5.74, 6) is -3.23. The third kappa shape index (κ3) is 7.63. The van der Waals surface area contributed by atoms with Gasteiger partial charge in [-0.2, -0.15) is 0 Å². The van der Waals surface area contributed by atoms with Crippen molar-refractivity contribution in [1.82, 2.24) is 0 Å². The number of hydrogen-bond donors (Lipinski definition) is 0. The summed E-state index contributed by atoms with van der Waals surface area (Å²) < 4.78 is 27.9. The van der Waals surface area contributed by atoms with E-state index in [2.05, 4.69) is 4.99 Å². The monoisotopic (exact) mass is 616 g/mol. The normalized spacial score (nSPS) is 24.6. The van der Waals surface area contributed by atoms with Gasteiger partial charge in [0, 0.05) is 32.6 Å². The molecule has 1 aromatic carbocycles. The first-order chi connectivity index (χ1) is 20.0. The largest absolute Gasteiger partial charge is 0.463 e. The maximum absolute atomic E-state index is 13.6. The summed E-state index contributed by atoms with van der Waals surface area (Å²) >= 11 is 2.37. The zero-order valence-corrected chi connectivity index (χ0v) is 24.7. The molecular weight excluding hydrogens is 588 g/mol. The Balaban J connectivity index is 1.77. The number of benzene rings is 1. The number of rotatable bonds is 8. The molecule has 0 N–H and O–H groups in total. The van der Waals surface area contributed by atoms with Crippen molar-refractivity contribution in [2.24, 2.45) is 4.99 Å². The SMILES string of the molecule is CC(=O)OCC1OC(SC2=N/C(=C\c3cccs3)C(=O)N2c2ccccc2)C(OC(C)=O)C(OC(C)=O)C1OC(C)=O. The van der Waals surface area contributed by atoms with Gasteiger partial charge in [0.1, 0.15) is 18.4 Å². The molecule has 14 heteroatoms. The Hall–Kier alpha value is -4.01. The zero-order valence-electron chi connectivity index (χ0n) is 23.1. The molecule has 0 bridgehead atoms. The number of anilines is 1. The number of amidine groups is 1. The Morgan fingerprint density at radius 2 is 1.55 bits per heavy atom. The van der Waals surface area contributed by atoms with Gasteiger partial charge in [0.25, 0.3) is 5.91 Å². The van der Waals surface area contributed by atoms with Crippen LogP contribution in [0.2, 0.25) is 0 Å². The van der Waals surface area contributed by atoms with Crippen LogP contribution in [0.25, 0.3) is 6.08 Å². The fraction of sp³-hybridized carbons (Fsp3) is 0.357. The third-order valence-electron chi connectivity index (χ3n) is 5.84. The minimum Gasteiger partial charge on any atom is -0.463 e. The molecule has 2 aliphatic rings. The van der Waals surface area contributed by atoms with E-state index in [0.717, 1.165) is 37.4 Å². The summed E-state index contributed by atoms with van der Waals surface area (Å²) in [5, 5.41) is 2.06. The van der Waals surface area contributed by atoms with Crippen molar-refractivity contribution in [3.05, 3.63) is 58.4 Å². The Labute approximate surface area is 249 Å². The number of esters is 4. The van der Waals surface area contributed by atoms with E-state index in [1.165, 1.54) is 23.2 Å². The lowest BCUT2D eigenvalue weighted by atomic mass is 9.99. The molecule has 1 fully saturated rings. The molecule has 2 aliphatic heterocycles. The molecule has 1 saturated heterocycles. The Morgan fingerprint density at radius 1 is 0.905 bits per heavy atom. The van der Waals surface area contributed by atoms with E-state index in [4.69, 9.17) is 23.7 Å². The number of para-hydroxylation sites is 1. The minimum atomic E-state index is -1.34. The van der Waals surface area contributed by atoms with Gasteiger partial charge in [0.05, 0.1) is 5.69 Å². The van der Waals surface area contributed by atoms with Crippen LogP contribution >= 0.6 is 23.1 Å². The van der Waals surface area contributed by atoms with Crippen LogP contribution in [0, 0.1) is 0 Å². The van der Waals surface area contributed by atoms with Crippen LogP contribution < -0.4 is 4.90 Å². The maximum Gasteiger partial charge on any atom is 0.303 e. The second-order valence-corrected chi connectivity index (χ2v) is 11.1. The molecule has 5 unspecified atom stereocenters. The first-order valence-corrected chi connectivity index (χ1v) is 14.5. The van der Waals surface area contributed by atoms with Gasteiger partial charge in [0.15, 0.2) is 28.9 Å². The fourth-order valence-corrected chi connectivity index (χ4v) is 6.12. The molecule has 222 valence electrons. The van der Waals surface area contributed by atoms with E-state index in [1.54, 1.807) is 36.4 Å². The van der Waals surface area contributed by atoms with Crippen LogP contribution in [0.5, 0.6) is 0 Å². The summed E-state index contributed by atoms with van der Waals surface area (Å²) in [7, 11) is 0. The lowest BCUT2D eigenvalue weighted by molar-refractivity contribution is -0.237. The predicted molar refractivity (Wildman–Crippen MR) is 153 cm³/mol. The Morgan fingerprint density at radius 3 is 2.14 bits per heavy atom. The van der Waals surface area contributed by atoms with Gasteiger partial charge >= 0.3 is 23.9 Å². The van der Waals surface area contributed by atoms with Gasteiger partial charge in [0.2, 0.25) is 0 Å². The molecule has 0 radical (unpaired) electrons. The van der Waals surface area contributed by atoms with Crippen LogP contribution in [-0.4, -0.2) is 71.4 Å². The van der Waals surface area contributed by atoms with Crippen molar-refractivity contribution >= 4 is 69.8 Å². The predicted octanol–water partition coefficient (Wildman–Crippen LogP) is 3.31. The number of ether oxygens (including phenoxy) is 5. The number of carbonyl (C=O) groups is 5. The molecule has 12 nitrogen and oxygen atoms in total. The summed E-state index contributed by atoms with van der Waals surface area (Å²) in [5.41, 5.74) is -0.465. The number of thioether (sulfide) groups is 1. The van der Waals surface area contributed by atoms with Crippen LogP contribution in [0.3, 0.4) is 0 Å². The van der Waals surface area contributed by atoms with E-state index >= 15 is 0 Å². The number of carbonyl (C=O) groups excluding carboxylic acids is 5. The van der Waals surface area contributed by atoms with Gasteiger partial charge in [-0.15, -0.1) is 11.3 Å². The van der Waals surface area contributed by atoms with Crippen LogP contribution in [0.4, 0.5) is 5.69 Å². The highest BCUT2D eigenvalue weighted by molar-refractivity contribution is 8.14. The molecular formula is C28H28N2O10S2. The van der Waals surface area contributed by atoms with E-state index in [0.29, 0.717) is 5.69 Å². The van der Waals surface area contributed by atoms with Crippen molar-refractivity contribution in [2.75, 3.05) is 11.5 Å². The fourth-order valence-electron chi connectivity index (χ4n) is 4.28. The third-order valence-corrected chi connectivity index (χ3v) is 7.75. The first kappa shape index (κ1) is 30.9. The average Bonchev–Trinajstić information content (AvgIpc) is 3.54. The van der Waals surface area contributed by atoms with Crippen LogP contribution in [0.1, 0.15) is 32.6 Å². The molecule has 1 aromatic heterocycles. The van der Waals surface area contributed by atoms with Crippen molar-refractivity contribution in [3.8, 4) is 0 Å². The highest BCUT2D eigenvalue weighted by atomic mass is 32.2. The van der Waals surface area contributed by atoms with Crippen molar-refractivity contribution in [3.63, 3.8) is 0 Å². The molecule has 0 aliphatic carbocycles. The van der Waals surface area contributed by atoms with Crippen LogP contribution in [-0.2, 0) is 47.7 Å². The lowest BCUT2D eigenvalue weighted by Gasteiger charge is -2.44. The molecule has 4 rings (SSSR count). The Kier molecular flexibility index (Phi) is 10.1. The number of aliphatic imine (C=N–C) groups is 1. The van der Waals surface area contributed by atoms with E-state index in [9.17, 15) is 24.0 Å². The van der Waals surface area contributed by atoms with Gasteiger partial charge < -0.3 is 23.7 Å². The molecule has 42 heavy (non-hydrogen) atoms. The summed E-state index contributed by atoms with van der Waals surface area (Å²) in [6, 6.07) is 12.5. The van der Waals surface area contributed by atoms with Crippen molar-refractivity contribution in [2.45, 2.75) is 57.5 Å². The summed E-state index contributed by atoms with van der Waals surface area (Å²) in [4.78, 5) is 68.4. The van der Waals surface area contributed by atoms with E-state index in [1.807, 2.05) is 17.5 Å². The van der Waals surface area contributed by atoms with Crippen molar-refractivity contribution in [1.29, 1.82) is 0 Å². The molecule has 3 heterocycles. The van der Waals surface area contributed by atoms with Gasteiger partial charge in [-0.25, -0.2) is 4.99 Å².